The first-order valence-electron chi connectivity index (χ1n) is 6.09. The van der Waals surface area contributed by atoms with Gasteiger partial charge in [-0.2, -0.15) is 4.31 Å². The van der Waals surface area contributed by atoms with Gasteiger partial charge in [-0.25, -0.2) is 8.42 Å². The zero-order valence-corrected chi connectivity index (χ0v) is 11.3. The summed E-state index contributed by atoms with van der Waals surface area (Å²) in [5.41, 5.74) is 6.29. The minimum atomic E-state index is -3.55. The second kappa shape index (κ2) is 5.98. The lowest BCUT2D eigenvalue weighted by molar-refractivity contribution is -0.0304. The maximum Gasteiger partial charge on any atom is 0.243 e. The van der Waals surface area contributed by atoms with Gasteiger partial charge in [0.05, 0.1) is 24.2 Å². The lowest BCUT2D eigenvalue weighted by atomic mass is 10.2. The van der Waals surface area contributed by atoms with Crippen molar-refractivity contribution in [3.8, 4) is 0 Å². The Morgan fingerprint density at radius 2 is 2.26 bits per heavy atom. The van der Waals surface area contributed by atoms with Crippen molar-refractivity contribution in [3.05, 3.63) is 29.8 Å². The number of nitrogens with two attached hydrogens (primary N) is 1. The molecule has 3 N–H and O–H groups in total. The number of morpholine rings is 1. The molecule has 0 spiro atoms. The molecule has 7 heteroatoms. The topological polar surface area (TPSA) is 92.9 Å². The molecular weight excluding hydrogens is 268 g/mol. The van der Waals surface area contributed by atoms with Gasteiger partial charge in [0.1, 0.15) is 0 Å². The highest BCUT2D eigenvalue weighted by molar-refractivity contribution is 7.89. The van der Waals surface area contributed by atoms with Crippen LogP contribution in [0.3, 0.4) is 0 Å². The third kappa shape index (κ3) is 3.13. The molecule has 1 aromatic carbocycles. The molecule has 1 saturated heterocycles. The van der Waals surface area contributed by atoms with E-state index in [1.54, 1.807) is 24.3 Å². The smallest absolute Gasteiger partial charge is 0.243 e. The number of rotatable bonds is 4. The molecule has 19 heavy (non-hydrogen) atoms. The Balaban J connectivity index is 2.25. The lowest BCUT2D eigenvalue weighted by Crippen LogP contribution is -2.46. The Hall–Kier alpha value is -0.990. The number of sulfonamides is 1. The fourth-order valence-corrected chi connectivity index (χ4v) is 3.53. The van der Waals surface area contributed by atoms with Crippen LogP contribution in [-0.2, 0) is 21.3 Å². The van der Waals surface area contributed by atoms with E-state index in [9.17, 15) is 8.42 Å². The highest BCUT2D eigenvalue weighted by atomic mass is 32.2. The minimum Gasteiger partial charge on any atom is -0.394 e. The average Bonchev–Trinajstić information content (AvgIpc) is 2.47. The van der Waals surface area contributed by atoms with Crippen LogP contribution >= 0.6 is 0 Å². The van der Waals surface area contributed by atoms with Gasteiger partial charge in [-0.05, 0) is 17.7 Å². The van der Waals surface area contributed by atoms with E-state index >= 15 is 0 Å². The molecule has 0 aliphatic carbocycles. The maximum atomic E-state index is 12.5. The molecule has 1 aromatic rings. The van der Waals surface area contributed by atoms with Gasteiger partial charge in [-0.1, -0.05) is 12.1 Å². The average molecular weight is 286 g/mol. The first-order valence-corrected chi connectivity index (χ1v) is 7.53. The van der Waals surface area contributed by atoms with E-state index in [-0.39, 0.29) is 18.0 Å². The molecule has 0 amide bonds. The zero-order chi connectivity index (χ0) is 13.9. The van der Waals surface area contributed by atoms with Crippen LogP contribution in [0, 0.1) is 0 Å². The van der Waals surface area contributed by atoms with Crippen LogP contribution < -0.4 is 5.73 Å². The summed E-state index contributed by atoms with van der Waals surface area (Å²) in [6, 6.07) is 6.60. The maximum absolute atomic E-state index is 12.5. The zero-order valence-electron chi connectivity index (χ0n) is 10.5. The van der Waals surface area contributed by atoms with Crippen molar-refractivity contribution in [2.45, 2.75) is 17.5 Å². The Kier molecular flexibility index (Phi) is 4.54. The Labute approximate surface area is 112 Å². The third-order valence-corrected chi connectivity index (χ3v) is 4.94. The normalized spacial score (nSPS) is 21.5. The number of benzene rings is 1. The van der Waals surface area contributed by atoms with Crippen LogP contribution in [-0.4, -0.2) is 50.2 Å². The largest absolute Gasteiger partial charge is 0.394 e. The van der Waals surface area contributed by atoms with Crippen molar-refractivity contribution in [3.63, 3.8) is 0 Å². The molecule has 6 nitrogen and oxygen atoms in total. The highest BCUT2D eigenvalue weighted by Crippen LogP contribution is 2.19. The molecule has 2 rings (SSSR count). The van der Waals surface area contributed by atoms with Crippen LogP contribution in [0.2, 0.25) is 0 Å². The Morgan fingerprint density at radius 3 is 2.95 bits per heavy atom. The highest BCUT2D eigenvalue weighted by Gasteiger charge is 2.30. The van der Waals surface area contributed by atoms with Gasteiger partial charge in [-0.3, -0.25) is 0 Å². The molecule has 0 aromatic heterocycles. The second-order valence-electron chi connectivity index (χ2n) is 4.39. The van der Waals surface area contributed by atoms with Crippen LogP contribution in [0.5, 0.6) is 0 Å². The molecule has 1 heterocycles. The number of aliphatic hydroxyl groups is 1. The van der Waals surface area contributed by atoms with Crippen molar-refractivity contribution in [1.82, 2.24) is 4.31 Å². The van der Waals surface area contributed by atoms with Gasteiger partial charge in [-0.15, -0.1) is 0 Å². The van der Waals surface area contributed by atoms with Crippen molar-refractivity contribution >= 4 is 10.0 Å². The van der Waals surface area contributed by atoms with Crippen LogP contribution in [0.25, 0.3) is 0 Å². The van der Waals surface area contributed by atoms with Gasteiger partial charge in [0.25, 0.3) is 0 Å². The summed E-state index contributed by atoms with van der Waals surface area (Å²) < 4.78 is 31.5. The van der Waals surface area contributed by atoms with E-state index in [0.29, 0.717) is 19.7 Å². The van der Waals surface area contributed by atoms with E-state index in [1.165, 1.54) is 4.31 Å². The van der Waals surface area contributed by atoms with E-state index in [0.717, 1.165) is 5.56 Å². The predicted molar refractivity (Wildman–Crippen MR) is 69.9 cm³/mol. The quantitative estimate of drug-likeness (QED) is 0.780. The summed E-state index contributed by atoms with van der Waals surface area (Å²) in [6.07, 6.45) is -0.457. The van der Waals surface area contributed by atoms with Crippen LogP contribution in [0.4, 0.5) is 0 Å². The van der Waals surface area contributed by atoms with Gasteiger partial charge >= 0.3 is 0 Å². The Bertz CT molecular complexity index is 532. The second-order valence-corrected chi connectivity index (χ2v) is 6.33. The number of aliphatic hydroxyl groups excluding tert-OH is 1. The molecule has 0 radical (unpaired) electrons. The minimum absolute atomic E-state index is 0.172. The first-order chi connectivity index (χ1) is 9.07. The van der Waals surface area contributed by atoms with Gasteiger partial charge in [0.2, 0.25) is 10.0 Å². The van der Waals surface area contributed by atoms with Crippen molar-refractivity contribution in [2.75, 3.05) is 26.3 Å². The molecule has 1 fully saturated rings. The monoisotopic (exact) mass is 286 g/mol. The summed E-state index contributed by atoms with van der Waals surface area (Å²) in [5.74, 6) is 0. The SMILES string of the molecule is NCc1cccc(S(=O)(=O)N2CCOC(CO)C2)c1. The number of hydrogen-bond acceptors (Lipinski definition) is 5. The van der Waals surface area contributed by atoms with Crippen molar-refractivity contribution in [2.24, 2.45) is 5.73 Å². The summed E-state index contributed by atoms with van der Waals surface area (Å²) in [6.45, 7) is 0.874. The van der Waals surface area contributed by atoms with Gasteiger partial charge in [0, 0.05) is 19.6 Å². The lowest BCUT2D eigenvalue weighted by Gasteiger charge is -2.31. The van der Waals surface area contributed by atoms with Crippen LogP contribution in [0.15, 0.2) is 29.2 Å². The van der Waals surface area contributed by atoms with E-state index in [4.69, 9.17) is 15.6 Å². The molecular formula is C12H18N2O4S. The number of ether oxygens (including phenoxy) is 1. The standard InChI is InChI=1S/C12H18N2O4S/c13-7-10-2-1-3-12(6-10)19(16,17)14-4-5-18-11(8-14)9-15/h1-3,6,11,15H,4-5,7-9,13H2. The fraction of sp³-hybridized carbons (Fsp3) is 0.500. The Morgan fingerprint density at radius 1 is 1.47 bits per heavy atom. The van der Waals surface area contributed by atoms with Gasteiger partial charge < -0.3 is 15.6 Å². The number of nitrogens with zero attached hydrogens (tertiary/aromatic N) is 1. The summed E-state index contributed by atoms with van der Waals surface area (Å²) >= 11 is 0. The molecule has 1 aliphatic heterocycles. The number of hydrogen-bond donors (Lipinski definition) is 2. The summed E-state index contributed by atoms with van der Waals surface area (Å²) in [5, 5.41) is 9.06. The first kappa shape index (κ1) is 14.4. The molecule has 106 valence electrons. The molecule has 1 atom stereocenters. The predicted octanol–water partition coefficient (Wildman–Crippen LogP) is -0.473. The van der Waals surface area contributed by atoms with Crippen LogP contribution in [0.1, 0.15) is 5.56 Å². The molecule has 1 aliphatic rings. The van der Waals surface area contributed by atoms with Crippen molar-refractivity contribution in [1.29, 1.82) is 0 Å². The van der Waals surface area contributed by atoms with E-state index in [2.05, 4.69) is 0 Å². The molecule has 0 bridgehead atoms. The third-order valence-electron chi connectivity index (χ3n) is 3.08. The van der Waals surface area contributed by atoms with E-state index in [1.807, 2.05) is 0 Å². The molecule has 1 unspecified atom stereocenters. The fourth-order valence-electron chi connectivity index (χ4n) is 2.00. The van der Waals surface area contributed by atoms with E-state index < -0.39 is 16.1 Å². The van der Waals surface area contributed by atoms with Gasteiger partial charge in [0.15, 0.2) is 0 Å². The van der Waals surface area contributed by atoms with Crippen molar-refractivity contribution < 1.29 is 18.3 Å². The molecule has 0 saturated carbocycles. The summed E-state index contributed by atoms with van der Waals surface area (Å²) in [7, 11) is -3.55. The summed E-state index contributed by atoms with van der Waals surface area (Å²) in [4.78, 5) is 0.231.